The molecule has 0 fully saturated rings. The average molecular weight is 285 g/mol. The molecular weight excluding hydrogens is 266 g/mol. The van der Waals surface area contributed by atoms with Crippen LogP contribution < -0.4 is 5.32 Å². The van der Waals surface area contributed by atoms with E-state index in [-0.39, 0.29) is 0 Å². The van der Waals surface area contributed by atoms with Gasteiger partial charge in [-0.25, -0.2) is 0 Å². The summed E-state index contributed by atoms with van der Waals surface area (Å²) in [6.45, 7) is 4.98. The molecule has 2 aromatic heterocycles. The van der Waals surface area contributed by atoms with E-state index in [1.807, 2.05) is 10.9 Å². The van der Waals surface area contributed by atoms with Crippen molar-refractivity contribution in [3.8, 4) is 0 Å². The van der Waals surface area contributed by atoms with Crippen molar-refractivity contribution >= 4 is 21.4 Å². The first-order valence-electron chi connectivity index (χ1n) is 7.04. The van der Waals surface area contributed by atoms with Gasteiger partial charge in [-0.1, -0.05) is 25.1 Å². The molecule has 2 heterocycles. The number of hydrogen-bond donors (Lipinski definition) is 1. The van der Waals surface area contributed by atoms with Gasteiger partial charge in [0.2, 0.25) is 0 Å². The van der Waals surface area contributed by atoms with E-state index < -0.39 is 0 Å². The van der Waals surface area contributed by atoms with Crippen LogP contribution in [0.5, 0.6) is 0 Å². The number of rotatable bonds is 6. The Bertz CT molecular complexity index is 684. The third-order valence-corrected chi connectivity index (χ3v) is 4.35. The quantitative estimate of drug-likeness (QED) is 0.701. The molecule has 3 aromatic rings. The summed E-state index contributed by atoms with van der Waals surface area (Å²) >= 11 is 1.80. The lowest BCUT2D eigenvalue weighted by Gasteiger charge is -2.01. The summed E-state index contributed by atoms with van der Waals surface area (Å²) in [6.07, 6.45) is 5.25. The smallest absolute Gasteiger partial charge is 0.0673 e. The minimum absolute atomic E-state index is 0.845. The molecule has 0 aliphatic rings. The number of fused-ring (bicyclic) bond motifs is 1. The topological polar surface area (TPSA) is 29.9 Å². The van der Waals surface area contributed by atoms with Crippen LogP contribution in [-0.4, -0.2) is 16.3 Å². The monoisotopic (exact) mass is 285 g/mol. The summed E-state index contributed by atoms with van der Waals surface area (Å²) in [6, 6.07) is 8.55. The molecule has 0 amide bonds. The zero-order valence-electron chi connectivity index (χ0n) is 11.7. The maximum Gasteiger partial charge on any atom is 0.0673 e. The maximum absolute atomic E-state index is 4.46. The zero-order chi connectivity index (χ0) is 13.8. The van der Waals surface area contributed by atoms with Crippen LogP contribution in [0.3, 0.4) is 0 Å². The highest BCUT2D eigenvalue weighted by atomic mass is 32.1. The number of hydrogen-bond acceptors (Lipinski definition) is 3. The van der Waals surface area contributed by atoms with Crippen LogP contribution in [0.25, 0.3) is 10.1 Å². The van der Waals surface area contributed by atoms with E-state index in [0.29, 0.717) is 0 Å². The predicted octanol–water partition coefficient (Wildman–Crippen LogP) is 3.65. The van der Waals surface area contributed by atoms with Gasteiger partial charge in [-0.05, 0) is 35.4 Å². The Morgan fingerprint density at radius 1 is 1.30 bits per heavy atom. The summed E-state index contributed by atoms with van der Waals surface area (Å²) < 4.78 is 3.37. The fourth-order valence-corrected chi connectivity index (χ4v) is 3.28. The summed E-state index contributed by atoms with van der Waals surface area (Å²) in [5.41, 5.74) is 2.60. The number of nitrogens with zero attached hydrogens (tertiary/aromatic N) is 2. The summed E-state index contributed by atoms with van der Waals surface area (Å²) in [5, 5.41) is 11.4. The first kappa shape index (κ1) is 13.3. The Morgan fingerprint density at radius 2 is 2.20 bits per heavy atom. The number of aromatic nitrogens is 2. The van der Waals surface area contributed by atoms with E-state index in [4.69, 9.17) is 0 Å². The van der Waals surface area contributed by atoms with E-state index in [0.717, 1.165) is 26.1 Å². The van der Waals surface area contributed by atoms with Crippen molar-refractivity contribution in [2.24, 2.45) is 0 Å². The highest BCUT2D eigenvalue weighted by Gasteiger charge is 2.05. The number of thiophene rings is 1. The minimum atomic E-state index is 0.845. The Morgan fingerprint density at radius 3 is 3.10 bits per heavy atom. The lowest BCUT2D eigenvalue weighted by molar-refractivity contribution is 0.669. The normalized spacial score (nSPS) is 11.2. The molecule has 0 aliphatic heterocycles. The van der Waals surface area contributed by atoms with E-state index in [2.05, 4.69) is 53.2 Å². The summed E-state index contributed by atoms with van der Waals surface area (Å²) in [5.74, 6) is 0. The second kappa shape index (κ2) is 6.20. The standard InChI is InChI=1S/C16H19N3S/c1-2-7-17-8-13-9-18-19(10-13)11-14-12-20-16-6-4-3-5-15(14)16/h3-6,9-10,12,17H,2,7-8,11H2,1H3. The predicted molar refractivity (Wildman–Crippen MR) is 85.2 cm³/mol. The van der Waals surface area contributed by atoms with E-state index in [9.17, 15) is 0 Å². The largest absolute Gasteiger partial charge is 0.313 e. The van der Waals surface area contributed by atoms with E-state index >= 15 is 0 Å². The van der Waals surface area contributed by atoms with Crippen LogP contribution in [0.15, 0.2) is 42.0 Å². The van der Waals surface area contributed by atoms with Gasteiger partial charge in [-0.15, -0.1) is 11.3 Å². The van der Waals surface area contributed by atoms with Gasteiger partial charge in [0, 0.05) is 23.0 Å². The van der Waals surface area contributed by atoms with Crippen molar-refractivity contribution in [2.45, 2.75) is 26.4 Å². The molecule has 0 spiro atoms. The van der Waals surface area contributed by atoms with Gasteiger partial charge in [0.05, 0.1) is 12.7 Å². The molecule has 20 heavy (non-hydrogen) atoms. The van der Waals surface area contributed by atoms with Crippen molar-refractivity contribution < 1.29 is 0 Å². The Kier molecular flexibility index (Phi) is 4.14. The van der Waals surface area contributed by atoms with Gasteiger partial charge in [-0.3, -0.25) is 4.68 Å². The molecular formula is C16H19N3S. The molecule has 0 saturated heterocycles. The van der Waals surface area contributed by atoms with Crippen molar-refractivity contribution in [1.82, 2.24) is 15.1 Å². The molecule has 4 heteroatoms. The fourth-order valence-electron chi connectivity index (χ4n) is 2.32. The van der Waals surface area contributed by atoms with Crippen LogP contribution in [0.2, 0.25) is 0 Å². The molecule has 1 N–H and O–H groups in total. The number of nitrogens with one attached hydrogen (secondary N) is 1. The van der Waals surface area contributed by atoms with Crippen molar-refractivity contribution in [3.05, 3.63) is 53.2 Å². The Labute approximate surface area is 123 Å². The molecule has 104 valence electrons. The van der Waals surface area contributed by atoms with Gasteiger partial charge < -0.3 is 5.32 Å². The van der Waals surface area contributed by atoms with E-state index in [1.54, 1.807) is 11.3 Å². The summed E-state index contributed by atoms with van der Waals surface area (Å²) in [4.78, 5) is 0. The molecule has 1 aromatic carbocycles. The Balaban J connectivity index is 1.71. The first-order chi connectivity index (χ1) is 9.86. The van der Waals surface area contributed by atoms with Gasteiger partial charge >= 0.3 is 0 Å². The summed E-state index contributed by atoms with van der Waals surface area (Å²) in [7, 11) is 0. The van der Waals surface area contributed by atoms with Crippen LogP contribution in [0, 0.1) is 0 Å². The van der Waals surface area contributed by atoms with Crippen LogP contribution in [0.4, 0.5) is 0 Å². The second-order valence-corrected chi connectivity index (χ2v) is 5.89. The fraction of sp³-hybridized carbons (Fsp3) is 0.312. The highest BCUT2D eigenvalue weighted by Crippen LogP contribution is 2.26. The molecule has 0 atom stereocenters. The molecule has 0 saturated carbocycles. The lowest BCUT2D eigenvalue weighted by atomic mass is 10.2. The van der Waals surface area contributed by atoms with Gasteiger partial charge in [-0.2, -0.15) is 5.10 Å². The molecule has 0 bridgehead atoms. The Hall–Kier alpha value is -1.65. The zero-order valence-corrected chi connectivity index (χ0v) is 12.5. The van der Waals surface area contributed by atoms with Gasteiger partial charge in [0.25, 0.3) is 0 Å². The highest BCUT2D eigenvalue weighted by molar-refractivity contribution is 7.17. The van der Waals surface area contributed by atoms with Crippen molar-refractivity contribution in [2.75, 3.05) is 6.54 Å². The minimum Gasteiger partial charge on any atom is -0.313 e. The van der Waals surface area contributed by atoms with Crippen molar-refractivity contribution in [3.63, 3.8) is 0 Å². The molecule has 0 aliphatic carbocycles. The third-order valence-electron chi connectivity index (χ3n) is 3.34. The first-order valence-corrected chi connectivity index (χ1v) is 7.92. The van der Waals surface area contributed by atoms with E-state index in [1.165, 1.54) is 21.2 Å². The van der Waals surface area contributed by atoms with Crippen molar-refractivity contribution in [1.29, 1.82) is 0 Å². The lowest BCUT2D eigenvalue weighted by Crippen LogP contribution is -2.13. The molecule has 3 rings (SSSR count). The molecule has 3 nitrogen and oxygen atoms in total. The van der Waals surface area contributed by atoms with Crippen LogP contribution in [-0.2, 0) is 13.1 Å². The maximum atomic E-state index is 4.46. The second-order valence-electron chi connectivity index (χ2n) is 4.98. The van der Waals surface area contributed by atoms with Crippen LogP contribution >= 0.6 is 11.3 Å². The molecule has 0 unspecified atom stereocenters. The third kappa shape index (κ3) is 2.92. The van der Waals surface area contributed by atoms with Gasteiger partial charge in [0.15, 0.2) is 0 Å². The number of benzene rings is 1. The van der Waals surface area contributed by atoms with Crippen LogP contribution in [0.1, 0.15) is 24.5 Å². The molecule has 0 radical (unpaired) electrons. The SMILES string of the molecule is CCCNCc1cnn(Cc2csc3ccccc23)c1. The average Bonchev–Trinajstić information content (AvgIpc) is 3.08. The van der Waals surface area contributed by atoms with Gasteiger partial charge in [0.1, 0.15) is 0 Å².